The van der Waals surface area contributed by atoms with Crippen LogP contribution >= 0.6 is 0 Å². The third-order valence-corrected chi connectivity index (χ3v) is 1.60. The average Bonchev–Trinajstić information content (AvgIpc) is 2.58. The first kappa shape index (κ1) is 10.5. The van der Waals surface area contributed by atoms with Crippen LogP contribution in [-0.4, -0.2) is 22.7 Å². The lowest BCUT2D eigenvalue weighted by Gasteiger charge is -2.07. The van der Waals surface area contributed by atoms with E-state index < -0.39 is 0 Å². The van der Waals surface area contributed by atoms with Crippen molar-refractivity contribution in [1.82, 2.24) is 15.5 Å². The standard InChI is InChI=1S/C7H12N6O/c1-5(3-10-13-8)9-4-7-11-6(2)14-12-7/h5,9H,3-4H2,1-2H3/t5-/m0/s1. The smallest absolute Gasteiger partial charge is 0.223 e. The van der Waals surface area contributed by atoms with Gasteiger partial charge >= 0.3 is 0 Å². The van der Waals surface area contributed by atoms with E-state index in [4.69, 9.17) is 10.1 Å². The highest BCUT2D eigenvalue weighted by atomic mass is 16.5. The summed E-state index contributed by atoms with van der Waals surface area (Å²) in [5, 5.41) is 10.3. The molecule has 7 nitrogen and oxygen atoms in total. The Hall–Kier alpha value is -1.59. The molecule has 0 radical (unpaired) electrons. The van der Waals surface area contributed by atoms with E-state index >= 15 is 0 Å². The number of aryl methyl sites for hydroxylation is 1. The Bertz CT molecular complexity index is 329. The van der Waals surface area contributed by atoms with Crippen molar-refractivity contribution < 1.29 is 4.52 Å². The van der Waals surface area contributed by atoms with Crippen molar-refractivity contribution in [2.24, 2.45) is 5.11 Å². The molecule has 0 spiro atoms. The Kier molecular flexibility index (Phi) is 3.90. The van der Waals surface area contributed by atoms with Gasteiger partial charge in [-0.25, -0.2) is 0 Å². The number of rotatable bonds is 5. The summed E-state index contributed by atoms with van der Waals surface area (Å²) in [6.07, 6.45) is 0. The minimum Gasteiger partial charge on any atom is -0.340 e. The predicted octanol–water partition coefficient (Wildman–Crippen LogP) is 1.17. The fourth-order valence-electron chi connectivity index (χ4n) is 0.902. The van der Waals surface area contributed by atoms with Crippen LogP contribution in [0.1, 0.15) is 18.6 Å². The molecule has 0 aliphatic carbocycles. The summed E-state index contributed by atoms with van der Waals surface area (Å²) >= 11 is 0. The van der Waals surface area contributed by atoms with Crippen LogP contribution < -0.4 is 5.32 Å². The van der Waals surface area contributed by atoms with Crippen LogP contribution in [0.5, 0.6) is 0 Å². The molecule has 0 fully saturated rings. The minimum absolute atomic E-state index is 0.102. The van der Waals surface area contributed by atoms with Gasteiger partial charge in [-0.15, -0.1) is 0 Å². The van der Waals surface area contributed by atoms with Crippen molar-refractivity contribution in [3.8, 4) is 0 Å². The Balaban J connectivity index is 2.29. The lowest BCUT2D eigenvalue weighted by molar-refractivity contribution is 0.384. The molecule has 0 aliphatic rings. The summed E-state index contributed by atoms with van der Waals surface area (Å²) in [6.45, 7) is 4.58. The number of aromatic nitrogens is 2. The van der Waals surface area contributed by atoms with E-state index in [0.717, 1.165) is 0 Å². The third-order valence-electron chi connectivity index (χ3n) is 1.60. The zero-order chi connectivity index (χ0) is 10.4. The van der Waals surface area contributed by atoms with Crippen LogP contribution in [0.4, 0.5) is 0 Å². The fourth-order valence-corrected chi connectivity index (χ4v) is 0.902. The molecular formula is C7H12N6O. The fraction of sp³-hybridized carbons (Fsp3) is 0.714. The molecule has 14 heavy (non-hydrogen) atoms. The first-order chi connectivity index (χ1) is 6.72. The Morgan fingerprint density at radius 2 is 2.50 bits per heavy atom. The van der Waals surface area contributed by atoms with Crippen LogP contribution in [-0.2, 0) is 6.54 Å². The molecule has 1 heterocycles. The van der Waals surface area contributed by atoms with Crippen molar-refractivity contribution in [2.45, 2.75) is 26.4 Å². The van der Waals surface area contributed by atoms with Gasteiger partial charge < -0.3 is 9.84 Å². The van der Waals surface area contributed by atoms with Gasteiger partial charge in [-0.1, -0.05) is 10.3 Å². The van der Waals surface area contributed by atoms with Gasteiger partial charge in [-0.05, 0) is 12.5 Å². The number of hydrogen-bond acceptors (Lipinski definition) is 5. The van der Waals surface area contributed by atoms with Crippen molar-refractivity contribution in [3.05, 3.63) is 22.2 Å². The first-order valence-electron chi connectivity index (χ1n) is 4.26. The van der Waals surface area contributed by atoms with Gasteiger partial charge in [0.05, 0.1) is 6.54 Å². The SMILES string of the molecule is Cc1nc(CN[C@@H](C)CN=[N+]=[N-])no1. The predicted molar refractivity (Wildman–Crippen MR) is 49.3 cm³/mol. The lowest BCUT2D eigenvalue weighted by Crippen LogP contribution is -2.28. The van der Waals surface area contributed by atoms with Crippen LogP contribution in [0.3, 0.4) is 0 Å². The molecule has 76 valence electrons. The van der Waals surface area contributed by atoms with Gasteiger partial charge in [-0.2, -0.15) is 4.98 Å². The zero-order valence-electron chi connectivity index (χ0n) is 8.14. The van der Waals surface area contributed by atoms with E-state index in [1.54, 1.807) is 6.92 Å². The second-order valence-electron chi connectivity index (χ2n) is 2.93. The zero-order valence-corrected chi connectivity index (χ0v) is 8.14. The third kappa shape index (κ3) is 3.42. The quantitative estimate of drug-likeness (QED) is 0.434. The normalized spacial score (nSPS) is 12.1. The molecule has 1 aromatic rings. The summed E-state index contributed by atoms with van der Waals surface area (Å²) in [7, 11) is 0. The van der Waals surface area contributed by atoms with Gasteiger partial charge in [0.2, 0.25) is 5.89 Å². The monoisotopic (exact) mass is 196 g/mol. The van der Waals surface area contributed by atoms with E-state index in [0.29, 0.717) is 24.8 Å². The Morgan fingerprint density at radius 1 is 1.71 bits per heavy atom. The van der Waals surface area contributed by atoms with Gasteiger partial charge in [0.25, 0.3) is 0 Å². The molecular weight excluding hydrogens is 184 g/mol. The maximum atomic E-state index is 8.09. The molecule has 1 N–H and O–H groups in total. The van der Waals surface area contributed by atoms with E-state index in [1.807, 2.05) is 6.92 Å². The largest absolute Gasteiger partial charge is 0.340 e. The highest BCUT2D eigenvalue weighted by Crippen LogP contribution is 1.95. The molecule has 0 bridgehead atoms. The number of azide groups is 1. The molecule has 1 aromatic heterocycles. The van der Waals surface area contributed by atoms with Gasteiger partial charge in [0.1, 0.15) is 0 Å². The van der Waals surface area contributed by atoms with Crippen molar-refractivity contribution in [3.63, 3.8) is 0 Å². The van der Waals surface area contributed by atoms with Crippen molar-refractivity contribution >= 4 is 0 Å². The molecule has 0 unspecified atom stereocenters. The molecule has 7 heteroatoms. The summed E-state index contributed by atoms with van der Waals surface area (Å²) in [5.41, 5.74) is 8.09. The molecule has 0 aliphatic heterocycles. The molecule has 0 saturated heterocycles. The maximum absolute atomic E-state index is 8.09. The lowest BCUT2D eigenvalue weighted by atomic mass is 10.3. The highest BCUT2D eigenvalue weighted by Gasteiger charge is 2.04. The van der Waals surface area contributed by atoms with Crippen LogP contribution in [0, 0.1) is 6.92 Å². The van der Waals surface area contributed by atoms with E-state index in [9.17, 15) is 0 Å². The van der Waals surface area contributed by atoms with Crippen LogP contribution in [0.25, 0.3) is 10.4 Å². The Labute approximate surface area is 81.1 Å². The molecule has 1 rings (SSSR count). The van der Waals surface area contributed by atoms with Gasteiger partial charge in [0, 0.05) is 24.4 Å². The van der Waals surface area contributed by atoms with Gasteiger partial charge in [-0.3, -0.25) is 0 Å². The summed E-state index contributed by atoms with van der Waals surface area (Å²) in [6, 6.07) is 0.102. The minimum atomic E-state index is 0.102. The Morgan fingerprint density at radius 3 is 3.07 bits per heavy atom. The summed E-state index contributed by atoms with van der Waals surface area (Å²) in [5.74, 6) is 1.15. The maximum Gasteiger partial charge on any atom is 0.223 e. The molecule has 1 atom stereocenters. The van der Waals surface area contributed by atoms with Crippen LogP contribution in [0.15, 0.2) is 9.64 Å². The van der Waals surface area contributed by atoms with E-state index in [2.05, 4.69) is 25.5 Å². The molecule has 0 saturated carbocycles. The summed E-state index contributed by atoms with van der Waals surface area (Å²) < 4.78 is 4.79. The second-order valence-corrected chi connectivity index (χ2v) is 2.93. The van der Waals surface area contributed by atoms with Gasteiger partial charge in [0.15, 0.2) is 5.82 Å². The van der Waals surface area contributed by atoms with Crippen molar-refractivity contribution in [2.75, 3.05) is 6.54 Å². The van der Waals surface area contributed by atoms with Crippen LogP contribution in [0.2, 0.25) is 0 Å². The number of nitrogens with zero attached hydrogens (tertiary/aromatic N) is 5. The molecule has 0 aromatic carbocycles. The highest BCUT2D eigenvalue weighted by molar-refractivity contribution is 4.83. The summed E-state index contributed by atoms with van der Waals surface area (Å²) in [4.78, 5) is 6.69. The molecule has 0 amide bonds. The second kappa shape index (κ2) is 5.21. The topological polar surface area (TPSA) is 99.7 Å². The van der Waals surface area contributed by atoms with E-state index in [1.165, 1.54) is 0 Å². The number of hydrogen-bond donors (Lipinski definition) is 1. The van der Waals surface area contributed by atoms with E-state index in [-0.39, 0.29) is 6.04 Å². The first-order valence-corrected chi connectivity index (χ1v) is 4.26. The average molecular weight is 196 g/mol. The van der Waals surface area contributed by atoms with Crippen molar-refractivity contribution in [1.29, 1.82) is 0 Å². The number of nitrogens with one attached hydrogen (secondary N) is 1.